The van der Waals surface area contributed by atoms with Gasteiger partial charge in [-0.05, 0) is 0 Å². The molecule has 0 aliphatic carbocycles. The summed E-state index contributed by atoms with van der Waals surface area (Å²) >= 11 is 1.34. The number of hydrogen-bond donors (Lipinski definition) is 1. The van der Waals surface area contributed by atoms with E-state index in [0.29, 0.717) is 10.7 Å². The van der Waals surface area contributed by atoms with E-state index in [1.807, 2.05) is 0 Å². The van der Waals surface area contributed by atoms with Gasteiger partial charge in [0.05, 0.1) is 12.4 Å². The van der Waals surface area contributed by atoms with E-state index >= 15 is 0 Å². The number of ether oxygens (including phenoxy) is 1. The maximum absolute atomic E-state index is 11.2. The molecule has 0 unspecified atom stereocenters. The van der Waals surface area contributed by atoms with Gasteiger partial charge in [0.2, 0.25) is 0 Å². The highest BCUT2D eigenvalue weighted by Crippen LogP contribution is 2.27. The second-order valence-electron chi connectivity index (χ2n) is 3.58. The number of thiazole rings is 1. The van der Waals surface area contributed by atoms with Gasteiger partial charge in [-0.3, -0.25) is 9.08 Å². The van der Waals surface area contributed by atoms with E-state index in [-0.39, 0.29) is 11.6 Å². The number of aromatic carboxylic acids is 1. The summed E-state index contributed by atoms with van der Waals surface area (Å²) in [6.07, 6.45) is 4.78. The molecule has 18 heavy (non-hydrogen) atoms. The van der Waals surface area contributed by atoms with E-state index in [4.69, 9.17) is 4.74 Å². The third kappa shape index (κ3) is 1.63. The summed E-state index contributed by atoms with van der Waals surface area (Å²) in [6.45, 7) is 0. The lowest BCUT2D eigenvalue weighted by molar-refractivity contribution is 0.0686. The van der Waals surface area contributed by atoms with Crippen LogP contribution < -0.4 is 4.74 Å². The molecule has 1 N–H and O–H groups in total. The van der Waals surface area contributed by atoms with Crippen LogP contribution in [-0.4, -0.2) is 30.2 Å². The van der Waals surface area contributed by atoms with Crippen molar-refractivity contribution in [2.75, 3.05) is 0 Å². The van der Waals surface area contributed by atoms with Crippen LogP contribution in [0.15, 0.2) is 24.0 Å². The predicted molar refractivity (Wildman–Crippen MR) is 63.3 cm³/mol. The summed E-state index contributed by atoms with van der Waals surface area (Å²) in [6, 6.07) is 0. The van der Waals surface area contributed by atoms with Crippen LogP contribution in [0.25, 0.3) is 4.96 Å². The van der Waals surface area contributed by atoms with Crippen LogP contribution >= 0.6 is 11.3 Å². The van der Waals surface area contributed by atoms with Crippen molar-refractivity contribution in [1.82, 2.24) is 19.2 Å². The van der Waals surface area contributed by atoms with Crippen LogP contribution in [0.1, 0.15) is 10.5 Å². The number of fused-ring (bicyclic) bond motifs is 1. The molecule has 0 radical (unpaired) electrons. The van der Waals surface area contributed by atoms with E-state index < -0.39 is 5.97 Å². The quantitative estimate of drug-likeness (QED) is 0.777. The Labute approximate surface area is 105 Å². The molecule has 3 aromatic rings. The molecule has 3 rings (SSSR count). The third-order valence-electron chi connectivity index (χ3n) is 2.33. The lowest BCUT2D eigenvalue weighted by atomic mass is 10.4. The van der Waals surface area contributed by atoms with E-state index in [1.54, 1.807) is 29.5 Å². The van der Waals surface area contributed by atoms with Gasteiger partial charge in [0.1, 0.15) is 0 Å². The van der Waals surface area contributed by atoms with E-state index in [2.05, 4.69) is 10.1 Å². The maximum atomic E-state index is 11.2. The fourth-order valence-electron chi connectivity index (χ4n) is 1.59. The first kappa shape index (κ1) is 10.8. The van der Waals surface area contributed by atoms with Gasteiger partial charge in [-0.15, -0.1) is 11.3 Å². The number of nitrogens with zero attached hydrogens (tertiary/aromatic N) is 4. The number of imidazole rings is 1. The smallest absolute Gasteiger partial charge is 0.358 e. The lowest BCUT2D eigenvalue weighted by Crippen LogP contribution is -2.02. The summed E-state index contributed by atoms with van der Waals surface area (Å²) in [4.78, 5) is 15.9. The fraction of sp³-hybridized carbons (Fsp3) is 0.100. The van der Waals surface area contributed by atoms with Gasteiger partial charge in [0.15, 0.2) is 16.4 Å². The molecule has 0 atom stereocenters. The average Bonchev–Trinajstić information content (AvgIpc) is 2.93. The molecule has 8 heteroatoms. The molecule has 0 bridgehead atoms. The number of carboxylic acid groups (broad SMARTS) is 1. The predicted octanol–water partition coefficient (Wildman–Crippen LogP) is 1.62. The highest BCUT2D eigenvalue weighted by atomic mass is 32.1. The zero-order valence-corrected chi connectivity index (χ0v) is 10.1. The highest BCUT2D eigenvalue weighted by Gasteiger charge is 2.21. The minimum absolute atomic E-state index is 0.00935. The SMILES string of the molecule is Cn1cc(Oc2nc3sccn3c2C(=O)O)cn1. The highest BCUT2D eigenvalue weighted by molar-refractivity contribution is 7.15. The van der Waals surface area contributed by atoms with Crippen LogP contribution in [0.3, 0.4) is 0 Å². The van der Waals surface area contributed by atoms with Crippen molar-refractivity contribution in [3.05, 3.63) is 29.7 Å². The summed E-state index contributed by atoms with van der Waals surface area (Å²) in [5.41, 5.74) is 0.00935. The van der Waals surface area contributed by atoms with Gasteiger partial charge in [0.25, 0.3) is 5.88 Å². The van der Waals surface area contributed by atoms with Crippen molar-refractivity contribution in [2.24, 2.45) is 7.05 Å². The molecule has 92 valence electrons. The maximum Gasteiger partial charge on any atom is 0.358 e. The molecule has 0 aliphatic rings. The monoisotopic (exact) mass is 264 g/mol. The molecular formula is C10H8N4O3S. The average molecular weight is 264 g/mol. The standard InChI is InChI=1S/C10H8N4O3S/c1-13-5-6(4-11-13)17-8-7(9(15)16)14-2-3-18-10(14)12-8/h2-5H,1H3,(H,15,16). The molecule has 0 amide bonds. The Bertz CT molecular complexity index is 726. The molecule has 0 saturated heterocycles. The van der Waals surface area contributed by atoms with Crippen molar-refractivity contribution < 1.29 is 14.6 Å². The molecule has 3 heterocycles. The van der Waals surface area contributed by atoms with Gasteiger partial charge >= 0.3 is 5.97 Å². The van der Waals surface area contributed by atoms with Crippen LogP contribution in [0.2, 0.25) is 0 Å². The molecule has 7 nitrogen and oxygen atoms in total. The summed E-state index contributed by atoms with van der Waals surface area (Å²) < 4.78 is 8.49. The molecular weight excluding hydrogens is 256 g/mol. The molecule has 0 aromatic carbocycles. The van der Waals surface area contributed by atoms with Crippen molar-refractivity contribution >= 4 is 22.3 Å². The molecule has 0 saturated carbocycles. The first-order chi connectivity index (χ1) is 8.65. The van der Waals surface area contributed by atoms with Crippen LogP contribution in [0.4, 0.5) is 0 Å². The second kappa shape index (κ2) is 3.84. The van der Waals surface area contributed by atoms with Gasteiger partial charge in [0, 0.05) is 18.6 Å². The number of aromatic nitrogens is 4. The number of hydrogen-bond acceptors (Lipinski definition) is 5. The first-order valence-corrected chi connectivity index (χ1v) is 5.88. The van der Waals surface area contributed by atoms with Crippen LogP contribution in [-0.2, 0) is 7.05 Å². The summed E-state index contributed by atoms with van der Waals surface area (Å²) in [5, 5.41) is 14.9. The number of rotatable bonds is 3. The Morgan fingerprint density at radius 3 is 3.06 bits per heavy atom. The van der Waals surface area contributed by atoms with Crippen molar-refractivity contribution in [2.45, 2.75) is 0 Å². The molecule has 0 aliphatic heterocycles. The van der Waals surface area contributed by atoms with E-state index in [0.717, 1.165) is 0 Å². The van der Waals surface area contributed by atoms with Gasteiger partial charge in [-0.1, -0.05) is 0 Å². The van der Waals surface area contributed by atoms with Crippen molar-refractivity contribution in [3.63, 3.8) is 0 Å². The Morgan fingerprint density at radius 2 is 2.39 bits per heavy atom. The Balaban J connectivity index is 2.08. The zero-order valence-electron chi connectivity index (χ0n) is 9.27. The van der Waals surface area contributed by atoms with Crippen molar-refractivity contribution in [3.8, 4) is 11.6 Å². The summed E-state index contributed by atoms with van der Waals surface area (Å²) in [7, 11) is 1.75. The topological polar surface area (TPSA) is 81.7 Å². The molecule has 0 spiro atoms. The fourth-order valence-corrected chi connectivity index (χ4v) is 2.30. The number of aryl methyl sites for hydroxylation is 1. The Kier molecular flexibility index (Phi) is 2.30. The van der Waals surface area contributed by atoms with Gasteiger partial charge < -0.3 is 9.84 Å². The number of carbonyl (C=O) groups is 1. The second-order valence-corrected chi connectivity index (χ2v) is 4.45. The lowest BCUT2D eigenvalue weighted by Gasteiger charge is -1.99. The first-order valence-electron chi connectivity index (χ1n) is 5.00. The van der Waals surface area contributed by atoms with Gasteiger partial charge in [-0.25, -0.2) is 4.79 Å². The number of carboxylic acids is 1. The van der Waals surface area contributed by atoms with Crippen LogP contribution in [0, 0.1) is 0 Å². The molecule has 3 aromatic heterocycles. The minimum Gasteiger partial charge on any atom is -0.476 e. The zero-order chi connectivity index (χ0) is 12.7. The van der Waals surface area contributed by atoms with Gasteiger partial charge in [-0.2, -0.15) is 10.1 Å². The molecule has 0 fully saturated rings. The summed E-state index contributed by atoms with van der Waals surface area (Å²) in [5.74, 6) is -0.562. The minimum atomic E-state index is -1.08. The Morgan fingerprint density at radius 1 is 1.56 bits per heavy atom. The van der Waals surface area contributed by atoms with E-state index in [9.17, 15) is 9.90 Å². The Hall–Kier alpha value is -2.35. The van der Waals surface area contributed by atoms with Crippen molar-refractivity contribution in [1.29, 1.82) is 0 Å². The van der Waals surface area contributed by atoms with Crippen LogP contribution in [0.5, 0.6) is 11.6 Å². The largest absolute Gasteiger partial charge is 0.476 e. The normalized spacial score (nSPS) is 10.9. The third-order valence-corrected chi connectivity index (χ3v) is 3.09. The van der Waals surface area contributed by atoms with E-state index in [1.165, 1.54) is 21.9 Å².